The van der Waals surface area contributed by atoms with E-state index in [-0.39, 0.29) is 6.10 Å². The number of aromatic nitrogens is 3. The lowest BCUT2D eigenvalue weighted by molar-refractivity contribution is 0.145. The van der Waals surface area contributed by atoms with Gasteiger partial charge < -0.3 is 10.0 Å². The molecule has 2 fully saturated rings. The molecule has 1 N–H and O–H groups in total. The molecule has 100 valence electrons. The highest BCUT2D eigenvalue weighted by molar-refractivity contribution is 5.69. The van der Waals surface area contributed by atoms with Crippen LogP contribution in [0.5, 0.6) is 0 Å². The van der Waals surface area contributed by atoms with Crippen molar-refractivity contribution in [1.29, 1.82) is 0 Å². The van der Waals surface area contributed by atoms with Gasteiger partial charge in [-0.1, -0.05) is 0 Å². The van der Waals surface area contributed by atoms with Crippen molar-refractivity contribution in [2.45, 2.75) is 37.7 Å². The number of aliphatic hydroxyl groups is 1. The van der Waals surface area contributed by atoms with E-state index in [0.29, 0.717) is 5.92 Å². The summed E-state index contributed by atoms with van der Waals surface area (Å²) in [5.41, 5.74) is 2.30. The normalized spacial score (nSPS) is 21.2. The van der Waals surface area contributed by atoms with E-state index in [4.69, 9.17) is 0 Å². The van der Waals surface area contributed by atoms with E-state index in [1.54, 1.807) is 0 Å². The lowest BCUT2D eigenvalue weighted by atomic mass is 10.1. The number of hydrogen-bond acceptors (Lipinski definition) is 4. The maximum Gasteiger partial charge on any atom is 0.154 e. The minimum Gasteiger partial charge on any atom is -0.393 e. The summed E-state index contributed by atoms with van der Waals surface area (Å²) in [6.07, 6.45) is 7.77. The van der Waals surface area contributed by atoms with Crippen LogP contribution in [0.25, 0.3) is 5.52 Å². The first-order chi connectivity index (χ1) is 9.31. The third kappa shape index (κ3) is 1.98. The Labute approximate surface area is 111 Å². The molecule has 0 unspecified atom stereocenters. The van der Waals surface area contributed by atoms with Gasteiger partial charge in [0.05, 0.1) is 11.8 Å². The van der Waals surface area contributed by atoms with Crippen LogP contribution in [0.15, 0.2) is 18.5 Å². The van der Waals surface area contributed by atoms with E-state index in [1.807, 2.05) is 16.9 Å². The molecule has 2 aromatic heterocycles. The first-order valence-electron chi connectivity index (χ1n) is 7.08. The van der Waals surface area contributed by atoms with Crippen molar-refractivity contribution in [3.05, 3.63) is 24.2 Å². The zero-order valence-corrected chi connectivity index (χ0v) is 10.9. The zero-order valence-electron chi connectivity index (χ0n) is 10.9. The van der Waals surface area contributed by atoms with Gasteiger partial charge in [-0.25, -0.2) is 9.50 Å². The van der Waals surface area contributed by atoms with Gasteiger partial charge >= 0.3 is 0 Å². The Morgan fingerprint density at radius 2 is 1.95 bits per heavy atom. The molecule has 0 aromatic carbocycles. The molecule has 1 saturated heterocycles. The van der Waals surface area contributed by atoms with Gasteiger partial charge in [0, 0.05) is 31.4 Å². The molecule has 5 heteroatoms. The maximum atomic E-state index is 9.61. The van der Waals surface area contributed by atoms with Crippen LogP contribution in [0.3, 0.4) is 0 Å². The molecule has 0 radical (unpaired) electrons. The quantitative estimate of drug-likeness (QED) is 0.888. The number of fused-ring (bicyclic) bond motifs is 1. The molecule has 0 atom stereocenters. The third-order valence-corrected chi connectivity index (χ3v) is 4.15. The van der Waals surface area contributed by atoms with E-state index in [9.17, 15) is 5.11 Å². The number of nitrogens with zero attached hydrogens (tertiary/aromatic N) is 4. The lowest BCUT2D eigenvalue weighted by Gasteiger charge is -2.30. The molecule has 4 rings (SSSR count). The van der Waals surface area contributed by atoms with Crippen molar-refractivity contribution in [2.24, 2.45) is 0 Å². The van der Waals surface area contributed by atoms with Gasteiger partial charge in [-0.2, -0.15) is 5.10 Å². The smallest absolute Gasteiger partial charge is 0.154 e. The third-order valence-electron chi connectivity index (χ3n) is 4.15. The van der Waals surface area contributed by atoms with Crippen LogP contribution < -0.4 is 4.90 Å². The molecular weight excluding hydrogens is 240 g/mol. The summed E-state index contributed by atoms with van der Waals surface area (Å²) in [4.78, 5) is 6.80. The van der Waals surface area contributed by atoms with Crippen LogP contribution in [0, 0.1) is 0 Å². The van der Waals surface area contributed by atoms with Crippen LogP contribution in [-0.2, 0) is 0 Å². The molecular formula is C14H18N4O. The molecule has 0 bridgehead atoms. The summed E-state index contributed by atoms with van der Waals surface area (Å²) in [6.45, 7) is 1.75. The van der Waals surface area contributed by atoms with E-state index in [1.165, 1.54) is 18.5 Å². The highest BCUT2D eigenvalue weighted by Gasteiger charge is 2.27. The molecule has 2 aromatic rings. The van der Waals surface area contributed by atoms with Gasteiger partial charge in [0.1, 0.15) is 5.52 Å². The monoisotopic (exact) mass is 258 g/mol. The Morgan fingerprint density at radius 1 is 1.16 bits per heavy atom. The fraction of sp³-hybridized carbons (Fsp3) is 0.571. The van der Waals surface area contributed by atoms with Crippen LogP contribution in [-0.4, -0.2) is 38.9 Å². The summed E-state index contributed by atoms with van der Waals surface area (Å²) < 4.78 is 1.95. The summed E-state index contributed by atoms with van der Waals surface area (Å²) >= 11 is 0. The Balaban J connectivity index is 1.72. The average molecular weight is 258 g/mol. The van der Waals surface area contributed by atoms with Crippen molar-refractivity contribution in [3.63, 3.8) is 0 Å². The zero-order chi connectivity index (χ0) is 12.8. The predicted octanol–water partition coefficient (Wildman–Crippen LogP) is 1.57. The Bertz CT molecular complexity index is 597. The largest absolute Gasteiger partial charge is 0.393 e. The number of hydrogen-bond donors (Lipinski definition) is 1. The van der Waals surface area contributed by atoms with E-state index >= 15 is 0 Å². The highest BCUT2D eigenvalue weighted by atomic mass is 16.3. The minimum atomic E-state index is -0.150. The SMILES string of the molecule is OC1CCN(c2nccn3nc(C4CC4)cc23)CC1. The molecule has 1 saturated carbocycles. The Kier molecular flexibility index (Phi) is 2.48. The van der Waals surface area contributed by atoms with Crippen molar-refractivity contribution < 1.29 is 5.11 Å². The Morgan fingerprint density at radius 3 is 2.68 bits per heavy atom. The van der Waals surface area contributed by atoms with Crippen molar-refractivity contribution >= 4 is 11.3 Å². The van der Waals surface area contributed by atoms with Crippen LogP contribution in [0.2, 0.25) is 0 Å². The summed E-state index contributed by atoms with van der Waals surface area (Å²) in [5, 5.41) is 14.3. The van der Waals surface area contributed by atoms with Gasteiger partial charge in [-0.05, 0) is 31.7 Å². The summed E-state index contributed by atoms with van der Waals surface area (Å²) in [7, 11) is 0. The second-order valence-corrected chi connectivity index (χ2v) is 5.64. The first-order valence-corrected chi connectivity index (χ1v) is 7.08. The minimum absolute atomic E-state index is 0.150. The van der Waals surface area contributed by atoms with Crippen molar-refractivity contribution in [2.75, 3.05) is 18.0 Å². The van der Waals surface area contributed by atoms with E-state index in [0.717, 1.165) is 37.3 Å². The fourth-order valence-corrected chi connectivity index (χ4v) is 2.83. The standard InChI is InChI=1S/C14H18N4O/c19-11-3-6-17(7-4-11)14-13-9-12(10-1-2-10)16-18(13)8-5-15-14/h5,8-11,19H,1-4,6-7H2. The molecule has 19 heavy (non-hydrogen) atoms. The number of aliphatic hydroxyl groups excluding tert-OH is 1. The van der Waals surface area contributed by atoms with E-state index in [2.05, 4.69) is 21.0 Å². The van der Waals surface area contributed by atoms with Gasteiger partial charge in [-0.3, -0.25) is 0 Å². The first kappa shape index (κ1) is 11.2. The van der Waals surface area contributed by atoms with Crippen molar-refractivity contribution in [3.8, 4) is 0 Å². The fourth-order valence-electron chi connectivity index (χ4n) is 2.83. The average Bonchev–Trinajstić information content (AvgIpc) is 3.18. The van der Waals surface area contributed by atoms with Gasteiger partial charge in [-0.15, -0.1) is 0 Å². The van der Waals surface area contributed by atoms with Gasteiger partial charge in [0.15, 0.2) is 5.82 Å². The predicted molar refractivity (Wildman–Crippen MR) is 72.4 cm³/mol. The molecule has 0 amide bonds. The topological polar surface area (TPSA) is 53.7 Å². The molecule has 0 spiro atoms. The summed E-state index contributed by atoms with van der Waals surface area (Å²) in [6, 6.07) is 2.19. The second-order valence-electron chi connectivity index (χ2n) is 5.64. The maximum absolute atomic E-state index is 9.61. The van der Waals surface area contributed by atoms with Gasteiger partial charge in [0.2, 0.25) is 0 Å². The van der Waals surface area contributed by atoms with Crippen molar-refractivity contribution in [1.82, 2.24) is 14.6 Å². The molecule has 2 aliphatic rings. The highest BCUT2D eigenvalue weighted by Crippen LogP contribution is 2.40. The molecule has 1 aliphatic heterocycles. The second kappa shape index (κ2) is 4.20. The molecule has 5 nitrogen and oxygen atoms in total. The number of rotatable bonds is 2. The van der Waals surface area contributed by atoms with Crippen LogP contribution in [0.1, 0.15) is 37.3 Å². The van der Waals surface area contributed by atoms with Crippen LogP contribution >= 0.6 is 0 Å². The van der Waals surface area contributed by atoms with E-state index < -0.39 is 0 Å². The van der Waals surface area contributed by atoms with Gasteiger partial charge in [0.25, 0.3) is 0 Å². The number of piperidine rings is 1. The Hall–Kier alpha value is -1.62. The molecule has 1 aliphatic carbocycles. The lowest BCUT2D eigenvalue weighted by Crippen LogP contribution is -2.36. The van der Waals surface area contributed by atoms with Crippen LogP contribution in [0.4, 0.5) is 5.82 Å². The number of anilines is 1. The summed E-state index contributed by atoms with van der Waals surface area (Å²) in [5.74, 6) is 1.67. The molecule has 3 heterocycles.